The summed E-state index contributed by atoms with van der Waals surface area (Å²) in [6.45, 7) is 13.6. The van der Waals surface area contributed by atoms with Gasteiger partial charge < -0.3 is 19.7 Å². The number of hydrogen-bond acceptors (Lipinski definition) is 4. The van der Waals surface area contributed by atoms with Crippen molar-refractivity contribution in [3.05, 3.63) is 0 Å². The van der Waals surface area contributed by atoms with E-state index in [-0.39, 0.29) is 6.09 Å². The van der Waals surface area contributed by atoms with Crippen molar-refractivity contribution in [2.45, 2.75) is 65.2 Å². The van der Waals surface area contributed by atoms with Crippen LogP contribution in [0.4, 0.5) is 9.59 Å². The van der Waals surface area contributed by atoms with E-state index in [1.54, 1.807) is 4.90 Å². The number of alkyl carbamates (subject to hydrolysis) is 1. The van der Waals surface area contributed by atoms with Gasteiger partial charge in [0.05, 0.1) is 5.54 Å². The van der Waals surface area contributed by atoms with Crippen molar-refractivity contribution < 1.29 is 19.1 Å². The highest BCUT2D eigenvalue weighted by molar-refractivity contribution is 5.72. The summed E-state index contributed by atoms with van der Waals surface area (Å²) in [6, 6.07) is 0. The fourth-order valence-corrected chi connectivity index (χ4v) is 1.88. The van der Waals surface area contributed by atoms with Gasteiger partial charge in [0, 0.05) is 13.1 Å². The maximum atomic E-state index is 11.8. The summed E-state index contributed by atoms with van der Waals surface area (Å²) in [5.74, 6) is 0. The summed E-state index contributed by atoms with van der Waals surface area (Å²) >= 11 is 0. The van der Waals surface area contributed by atoms with E-state index in [1.807, 2.05) is 48.5 Å². The van der Waals surface area contributed by atoms with Crippen LogP contribution in [0.2, 0.25) is 0 Å². The average molecular weight is 286 g/mol. The maximum absolute atomic E-state index is 11.8. The standard InChI is InChI=1S/C14H26N2O4/c1-12(2,3)19-10(17)15-14(7)8-16(9-14)11(18)20-13(4,5)6/h8-9H2,1-7H3,(H,15,17). The molecule has 6 nitrogen and oxygen atoms in total. The highest BCUT2D eigenvalue weighted by atomic mass is 16.6. The Morgan fingerprint density at radius 1 is 1.00 bits per heavy atom. The second-order valence-corrected chi connectivity index (χ2v) is 7.52. The topological polar surface area (TPSA) is 67.9 Å². The molecule has 116 valence electrons. The molecular weight excluding hydrogens is 260 g/mol. The lowest BCUT2D eigenvalue weighted by Gasteiger charge is -2.47. The molecule has 0 unspecified atom stereocenters. The molecule has 1 saturated heterocycles. The van der Waals surface area contributed by atoms with Crippen LogP contribution in [0.3, 0.4) is 0 Å². The van der Waals surface area contributed by atoms with Gasteiger partial charge >= 0.3 is 12.2 Å². The summed E-state index contributed by atoms with van der Waals surface area (Å²) in [5, 5.41) is 2.79. The van der Waals surface area contributed by atoms with Gasteiger partial charge in [-0.1, -0.05) is 0 Å². The number of carbonyl (C=O) groups excluding carboxylic acids is 2. The van der Waals surface area contributed by atoms with Crippen LogP contribution in [0.5, 0.6) is 0 Å². The molecule has 6 heteroatoms. The van der Waals surface area contributed by atoms with E-state index in [9.17, 15) is 9.59 Å². The number of carbonyl (C=O) groups is 2. The summed E-state index contributed by atoms with van der Waals surface area (Å²) in [6.07, 6.45) is -0.829. The van der Waals surface area contributed by atoms with Crippen LogP contribution in [-0.2, 0) is 9.47 Å². The first-order chi connectivity index (χ1) is 8.80. The van der Waals surface area contributed by atoms with E-state index in [2.05, 4.69) is 5.32 Å². The number of hydrogen-bond donors (Lipinski definition) is 1. The molecule has 1 N–H and O–H groups in total. The lowest BCUT2D eigenvalue weighted by Crippen LogP contribution is -2.70. The van der Waals surface area contributed by atoms with E-state index in [0.717, 1.165) is 0 Å². The Morgan fingerprint density at radius 2 is 1.45 bits per heavy atom. The van der Waals surface area contributed by atoms with Gasteiger partial charge in [-0.15, -0.1) is 0 Å². The van der Waals surface area contributed by atoms with Gasteiger partial charge in [0.2, 0.25) is 0 Å². The summed E-state index contributed by atoms with van der Waals surface area (Å²) in [7, 11) is 0. The lowest BCUT2D eigenvalue weighted by molar-refractivity contribution is -0.0171. The molecule has 1 aliphatic rings. The Kier molecular flexibility index (Phi) is 4.27. The van der Waals surface area contributed by atoms with Crippen molar-refractivity contribution in [1.29, 1.82) is 0 Å². The quantitative estimate of drug-likeness (QED) is 0.804. The molecule has 1 fully saturated rings. The fraction of sp³-hybridized carbons (Fsp3) is 0.857. The van der Waals surface area contributed by atoms with Gasteiger partial charge in [-0.3, -0.25) is 0 Å². The third-order valence-electron chi connectivity index (χ3n) is 2.53. The minimum Gasteiger partial charge on any atom is -0.444 e. The summed E-state index contributed by atoms with van der Waals surface area (Å²) < 4.78 is 10.5. The average Bonchev–Trinajstić information content (AvgIpc) is 2.06. The first-order valence-electron chi connectivity index (χ1n) is 6.79. The van der Waals surface area contributed by atoms with Gasteiger partial charge in [0.15, 0.2) is 0 Å². The number of nitrogens with one attached hydrogen (secondary N) is 1. The summed E-state index contributed by atoms with van der Waals surface area (Å²) in [4.78, 5) is 25.1. The van der Waals surface area contributed by atoms with E-state index in [4.69, 9.17) is 9.47 Å². The van der Waals surface area contributed by atoms with Gasteiger partial charge in [0.25, 0.3) is 0 Å². The van der Waals surface area contributed by atoms with Crippen LogP contribution < -0.4 is 5.32 Å². The van der Waals surface area contributed by atoms with Crippen LogP contribution in [0.25, 0.3) is 0 Å². The Hall–Kier alpha value is -1.46. The number of ether oxygens (including phenoxy) is 2. The Labute approximate surface area is 120 Å². The highest BCUT2D eigenvalue weighted by Crippen LogP contribution is 2.23. The predicted molar refractivity (Wildman–Crippen MR) is 75.6 cm³/mol. The highest BCUT2D eigenvalue weighted by Gasteiger charge is 2.44. The first kappa shape index (κ1) is 16.6. The molecule has 2 amide bonds. The zero-order valence-corrected chi connectivity index (χ0v) is 13.5. The molecule has 0 aromatic heterocycles. The molecule has 0 radical (unpaired) electrons. The largest absolute Gasteiger partial charge is 0.444 e. The molecule has 0 aliphatic carbocycles. The van der Waals surface area contributed by atoms with Gasteiger partial charge in [-0.05, 0) is 48.5 Å². The Bertz CT molecular complexity index is 387. The van der Waals surface area contributed by atoms with Gasteiger partial charge in [-0.2, -0.15) is 0 Å². The van der Waals surface area contributed by atoms with Gasteiger partial charge in [-0.25, -0.2) is 9.59 Å². The SMILES string of the molecule is CC1(NC(=O)OC(C)(C)C)CN(C(=O)OC(C)(C)C)C1. The van der Waals surface area contributed by atoms with Crippen LogP contribution in [0, 0.1) is 0 Å². The van der Waals surface area contributed by atoms with Crippen molar-refractivity contribution in [2.24, 2.45) is 0 Å². The third-order valence-corrected chi connectivity index (χ3v) is 2.53. The lowest BCUT2D eigenvalue weighted by atomic mass is 9.93. The molecule has 1 rings (SSSR count). The second-order valence-electron chi connectivity index (χ2n) is 7.52. The molecule has 1 heterocycles. The monoisotopic (exact) mass is 286 g/mol. The van der Waals surface area contributed by atoms with Gasteiger partial charge in [0.1, 0.15) is 11.2 Å². The maximum Gasteiger partial charge on any atom is 0.410 e. The molecule has 0 atom stereocenters. The third kappa shape index (κ3) is 5.27. The van der Waals surface area contributed by atoms with Crippen molar-refractivity contribution in [1.82, 2.24) is 10.2 Å². The van der Waals surface area contributed by atoms with Crippen LogP contribution >= 0.6 is 0 Å². The Morgan fingerprint density at radius 3 is 1.85 bits per heavy atom. The van der Waals surface area contributed by atoms with Crippen molar-refractivity contribution in [2.75, 3.05) is 13.1 Å². The van der Waals surface area contributed by atoms with Crippen LogP contribution in [0.1, 0.15) is 48.5 Å². The summed E-state index contributed by atoms with van der Waals surface area (Å²) in [5.41, 5.74) is -1.50. The van der Waals surface area contributed by atoms with Crippen molar-refractivity contribution >= 4 is 12.2 Å². The minimum absolute atomic E-state index is 0.360. The smallest absolute Gasteiger partial charge is 0.410 e. The number of nitrogens with zero attached hydrogens (tertiary/aromatic N) is 1. The number of rotatable bonds is 1. The number of likely N-dealkylation sites (tertiary alicyclic amines) is 1. The van der Waals surface area contributed by atoms with Crippen molar-refractivity contribution in [3.63, 3.8) is 0 Å². The minimum atomic E-state index is -0.533. The number of amides is 2. The van der Waals surface area contributed by atoms with Crippen molar-refractivity contribution in [3.8, 4) is 0 Å². The zero-order valence-electron chi connectivity index (χ0n) is 13.5. The second kappa shape index (κ2) is 5.14. The van der Waals surface area contributed by atoms with E-state index in [0.29, 0.717) is 13.1 Å². The van der Waals surface area contributed by atoms with Crippen LogP contribution in [0.15, 0.2) is 0 Å². The molecule has 0 aromatic rings. The van der Waals surface area contributed by atoms with E-state index < -0.39 is 22.8 Å². The molecular formula is C14H26N2O4. The van der Waals surface area contributed by atoms with E-state index in [1.165, 1.54) is 0 Å². The zero-order chi connectivity index (χ0) is 15.8. The predicted octanol–water partition coefficient (Wildman–Crippen LogP) is 2.52. The molecule has 0 aromatic carbocycles. The molecule has 20 heavy (non-hydrogen) atoms. The molecule has 0 bridgehead atoms. The van der Waals surface area contributed by atoms with Crippen LogP contribution in [-0.4, -0.2) is 46.9 Å². The first-order valence-corrected chi connectivity index (χ1v) is 6.79. The fourth-order valence-electron chi connectivity index (χ4n) is 1.88. The Balaban J connectivity index is 2.42. The van der Waals surface area contributed by atoms with E-state index >= 15 is 0 Å². The molecule has 0 saturated carbocycles. The normalized spacial score (nSPS) is 18.1. The molecule has 1 aliphatic heterocycles. The molecule has 0 spiro atoms.